The summed E-state index contributed by atoms with van der Waals surface area (Å²) in [6.45, 7) is 3.70. The number of hydrogen-bond donors (Lipinski definition) is 2. The van der Waals surface area contributed by atoms with Crippen LogP contribution in [0.2, 0.25) is 0 Å². The second kappa shape index (κ2) is 7.55. The molecule has 1 rings (SSSR count). The molecule has 0 bridgehead atoms. The van der Waals surface area contributed by atoms with Crippen molar-refractivity contribution in [1.82, 2.24) is 5.32 Å². The van der Waals surface area contributed by atoms with Crippen LogP contribution >= 0.6 is 0 Å². The highest BCUT2D eigenvalue weighted by Gasteiger charge is 2.32. The molecule has 1 atom stereocenters. The first kappa shape index (κ1) is 18.4. The van der Waals surface area contributed by atoms with Gasteiger partial charge in [-0.2, -0.15) is 0 Å². The minimum atomic E-state index is -4.98. The number of carbonyl (C=O) groups is 1. The van der Waals surface area contributed by atoms with Crippen molar-refractivity contribution in [3.05, 3.63) is 29.6 Å². The minimum Gasteiger partial charge on any atom is -0.403 e. The van der Waals surface area contributed by atoms with Crippen LogP contribution in [-0.2, 0) is 4.79 Å². The summed E-state index contributed by atoms with van der Waals surface area (Å²) in [6, 6.07) is 3.03. The van der Waals surface area contributed by atoms with Crippen LogP contribution in [0, 0.1) is 5.82 Å². The van der Waals surface area contributed by atoms with Crippen LogP contribution in [0.1, 0.15) is 25.3 Å². The largest absolute Gasteiger partial charge is 0.573 e. The van der Waals surface area contributed by atoms with Gasteiger partial charge in [-0.15, -0.1) is 13.2 Å². The van der Waals surface area contributed by atoms with Crippen LogP contribution in [0.4, 0.5) is 17.6 Å². The molecule has 0 aromatic heterocycles. The Labute approximate surface area is 125 Å². The Hall–Kier alpha value is -1.67. The van der Waals surface area contributed by atoms with E-state index in [9.17, 15) is 22.4 Å². The summed E-state index contributed by atoms with van der Waals surface area (Å²) in [6.07, 6.45) is -4.98. The van der Waals surface area contributed by atoms with E-state index in [0.717, 1.165) is 12.1 Å². The molecule has 0 heterocycles. The van der Waals surface area contributed by atoms with E-state index in [0.29, 0.717) is 0 Å². The van der Waals surface area contributed by atoms with Crippen LogP contribution in [-0.4, -0.2) is 31.3 Å². The topological polar surface area (TPSA) is 64.4 Å². The zero-order chi connectivity index (χ0) is 16.9. The average molecular weight is 322 g/mol. The van der Waals surface area contributed by atoms with Crippen molar-refractivity contribution >= 4 is 5.78 Å². The number of ether oxygens (including phenoxy) is 1. The summed E-state index contributed by atoms with van der Waals surface area (Å²) in [5, 5.41) is 3.02. The number of hydrogen-bond acceptors (Lipinski definition) is 4. The number of nitrogens with two attached hydrogens (primary N) is 1. The van der Waals surface area contributed by atoms with Gasteiger partial charge in [-0.05, 0) is 17.7 Å². The lowest BCUT2D eigenvalue weighted by molar-refractivity contribution is -0.275. The van der Waals surface area contributed by atoms with Gasteiger partial charge in [0.05, 0.1) is 12.5 Å². The molecular formula is C14H18F4N2O2. The summed E-state index contributed by atoms with van der Waals surface area (Å²) in [5.74, 6) is -3.19. The highest BCUT2D eigenvalue weighted by Crippen LogP contribution is 2.28. The third-order valence-electron chi connectivity index (χ3n) is 2.90. The first-order valence-electron chi connectivity index (χ1n) is 6.65. The van der Waals surface area contributed by atoms with Gasteiger partial charge in [0, 0.05) is 12.6 Å². The van der Waals surface area contributed by atoms with Crippen molar-refractivity contribution in [3.8, 4) is 5.75 Å². The number of ketones is 1. The van der Waals surface area contributed by atoms with Gasteiger partial charge >= 0.3 is 6.36 Å². The molecule has 8 heteroatoms. The Balaban J connectivity index is 3.00. The van der Waals surface area contributed by atoms with Crippen molar-refractivity contribution in [2.45, 2.75) is 32.2 Å². The fourth-order valence-electron chi connectivity index (χ4n) is 1.85. The lowest BCUT2D eigenvalue weighted by atomic mass is 9.94. The van der Waals surface area contributed by atoms with Crippen LogP contribution in [0.3, 0.4) is 0 Å². The van der Waals surface area contributed by atoms with Crippen molar-refractivity contribution in [2.24, 2.45) is 5.73 Å². The Bertz CT molecular complexity index is 518. The first-order valence-corrected chi connectivity index (χ1v) is 6.65. The molecule has 0 amide bonds. The van der Waals surface area contributed by atoms with Gasteiger partial charge in [0.15, 0.2) is 17.3 Å². The molecule has 0 aliphatic carbocycles. The Morgan fingerprint density at radius 3 is 2.45 bits per heavy atom. The fraction of sp³-hybridized carbons (Fsp3) is 0.500. The number of alkyl halides is 3. The predicted molar refractivity (Wildman–Crippen MR) is 73.0 cm³/mol. The van der Waals surface area contributed by atoms with Gasteiger partial charge < -0.3 is 15.8 Å². The third-order valence-corrected chi connectivity index (χ3v) is 2.90. The normalized spacial score (nSPS) is 13.3. The number of benzene rings is 1. The van der Waals surface area contributed by atoms with Crippen LogP contribution in [0.15, 0.2) is 18.2 Å². The maximum Gasteiger partial charge on any atom is 0.573 e. The molecule has 1 aromatic carbocycles. The number of halogens is 4. The molecule has 0 radical (unpaired) electrons. The molecule has 0 saturated carbocycles. The molecule has 0 aliphatic heterocycles. The van der Waals surface area contributed by atoms with E-state index in [2.05, 4.69) is 10.1 Å². The number of nitrogens with one attached hydrogen (secondary N) is 1. The standard InChI is InChI=1S/C14H18F4N2O2/c1-8(2)20-7-10(12(21)6-19)9-3-4-13(11(15)5-9)22-14(16,17)18/h3-5,8,10,20H,6-7,19H2,1-2H3/t10-/m1/s1. The lowest BCUT2D eigenvalue weighted by Gasteiger charge is -2.19. The molecule has 1 aromatic rings. The van der Waals surface area contributed by atoms with E-state index in [1.807, 2.05) is 13.8 Å². The molecule has 22 heavy (non-hydrogen) atoms. The minimum absolute atomic E-state index is 0.0887. The molecule has 0 saturated heterocycles. The van der Waals surface area contributed by atoms with E-state index >= 15 is 0 Å². The SMILES string of the molecule is CC(C)NC[C@@H](C(=O)CN)c1ccc(OC(F)(F)F)c(F)c1. The molecule has 0 fully saturated rings. The Morgan fingerprint density at radius 1 is 1.36 bits per heavy atom. The molecular weight excluding hydrogens is 304 g/mol. The van der Waals surface area contributed by atoms with Gasteiger partial charge in [-0.1, -0.05) is 19.9 Å². The van der Waals surface area contributed by atoms with Gasteiger partial charge in [-0.25, -0.2) is 4.39 Å². The summed E-state index contributed by atoms with van der Waals surface area (Å²) in [4.78, 5) is 11.9. The molecule has 0 unspecified atom stereocenters. The van der Waals surface area contributed by atoms with E-state index in [-0.39, 0.29) is 30.5 Å². The van der Waals surface area contributed by atoms with Crippen molar-refractivity contribution < 1.29 is 27.1 Å². The number of rotatable bonds is 7. The second-order valence-electron chi connectivity index (χ2n) is 5.02. The number of carbonyl (C=O) groups excluding carboxylic acids is 1. The maximum atomic E-state index is 13.7. The van der Waals surface area contributed by atoms with Crippen molar-refractivity contribution in [3.63, 3.8) is 0 Å². The van der Waals surface area contributed by atoms with Gasteiger partial charge in [0.2, 0.25) is 0 Å². The van der Waals surface area contributed by atoms with E-state index in [4.69, 9.17) is 5.73 Å². The smallest absolute Gasteiger partial charge is 0.403 e. The zero-order valence-corrected chi connectivity index (χ0v) is 12.2. The van der Waals surface area contributed by atoms with Gasteiger partial charge in [0.1, 0.15) is 0 Å². The number of Topliss-reactive ketones (excluding diaryl/α,β-unsaturated/α-hetero) is 1. The molecule has 124 valence electrons. The summed E-state index contributed by atoms with van der Waals surface area (Å²) in [5.41, 5.74) is 5.57. The highest BCUT2D eigenvalue weighted by molar-refractivity contribution is 5.87. The van der Waals surface area contributed by atoms with Gasteiger partial charge in [-0.3, -0.25) is 4.79 Å². The molecule has 0 aliphatic rings. The van der Waals surface area contributed by atoms with Crippen molar-refractivity contribution in [1.29, 1.82) is 0 Å². The summed E-state index contributed by atoms with van der Waals surface area (Å²) < 4.78 is 53.6. The average Bonchev–Trinajstić information content (AvgIpc) is 2.39. The summed E-state index contributed by atoms with van der Waals surface area (Å²) >= 11 is 0. The maximum absolute atomic E-state index is 13.7. The predicted octanol–water partition coefficient (Wildman–Crippen LogP) is 2.33. The van der Waals surface area contributed by atoms with Crippen LogP contribution in [0.25, 0.3) is 0 Å². The quantitative estimate of drug-likeness (QED) is 0.756. The lowest BCUT2D eigenvalue weighted by Crippen LogP contribution is -2.34. The summed E-state index contributed by atoms with van der Waals surface area (Å²) in [7, 11) is 0. The zero-order valence-electron chi connectivity index (χ0n) is 12.2. The van der Waals surface area contributed by atoms with E-state index in [1.165, 1.54) is 6.07 Å². The van der Waals surface area contributed by atoms with Crippen LogP contribution in [0.5, 0.6) is 5.75 Å². The third kappa shape index (κ3) is 5.61. The second-order valence-corrected chi connectivity index (χ2v) is 5.02. The first-order chi connectivity index (χ1) is 10.1. The molecule has 3 N–H and O–H groups in total. The fourth-order valence-corrected chi connectivity index (χ4v) is 1.85. The Kier molecular flexibility index (Phi) is 6.31. The van der Waals surface area contributed by atoms with Gasteiger partial charge in [0.25, 0.3) is 0 Å². The molecule has 4 nitrogen and oxygen atoms in total. The van der Waals surface area contributed by atoms with E-state index < -0.39 is 23.8 Å². The highest BCUT2D eigenvalue weighted by atomic mass is 19.4. The Morgan fingerprint density at radius 2 is 2.00 bits per heavy atom. The van der Waals surface area contributed by atoms with E-state index in [1.54, 1.807) is 0 Å². The van der Waals surface area contributed by atoms with Crippen molar-refractivity contribution in [2.75, 3.05) is 13.1 Å². The van der Waals surface area contributed by atoms with Crippen LogP contribution < -0.4 is 15.8 Å². The molecule has 0 spiro atoms. The monoisotopic (exact) mass is 322 g/mol.